The van der Waals surface area contributed by atoms with Gasteiger partial charge in [0.05, 0.1) is 16.9 Å². The summed E-state index contributed by atoms with van der Waals surface area (Å²) in [5, 5.41) is 2.89. The molecule has 1 aliphatic heterocycles. The molecule has 0 saturated heterocycles. The number of fused-ring (bicyclic) bond motifs is 1. The van der Waals surface area contributed by atoms with Crippen molar-refractivity contribution in [2.75, 3.05) is 6.61 Å². The van der Waals surface area contributed by atoms with Gasteiger partial charge in [-0.15, -0.1) is 4.40 Å². The normalized spacial score (nSPS) is 15.2. The third kappa shape index (κ3) is 4.89. The number of rotatable bonds is 5. The number of hydrogen-bond acceptors (Lipinski definition) is 7. The van der Waals surface area contributed by atoms with E-state index in [1.165, 1.54) is 0 Å². The molecular formula is C19H23N5O4S. The van der Waals surface area contributed by atoms with Gasteiger partial charge in [-0.25, -0.2) is 18.4 Å². The summed E-state index contributed by atoms with van der Waals surface area (Å²) in [7, 11) is -3.62. The molecule has 1 amide bonds. The van der Waals surface area contributed by atoms with Gasteiger partial charge in [0, 0.05) is 5.69 Å². The molecule has 0 spiro atoms. The molecule has 0 aliphatic carbocycles. The molecule has 0 radical (unpaired) electrons. The van der Waals surface area contributed by atoms with E-state index in [9.17, 15) is 13.2 Å². The zero-order valence-electron chi connectivity index (χ0n) is 16.7. The van der Waals surface area contributed by atoms with Crippen LogP contribution in [-0.4, -0.2) is 42.3 Å². The zero-order chi connectivity index (χ0) is 21.4. The predicted molar refractivity (Wildman–Crippen MR) is 108 cm³/mol. The Morgan fingerprint density at radius 2 is 2.00 bits per heavy atom. The number of sulfonamides is 1. The molecule has 1 aliphatic rings. The van der Waals surface area contributed by atoms with Crippen LogP contribution in [-0.2, 0) is 15.8 Å². The van der Waals surface area contributed by atoms with E-state index in [0.717, 1.165) is 0 Å². The molecule has 10 heteroatoms. The van der Waals surface area contributed by atoms with E-state index < -0.39 is 15.6 Å². The number of nitrogens with one attached hydrogen (secondary N) is 1. The standard InChI is InChI=1S/C19H23N5O4S/c1-11-8-14(22-12(2)21-11)18(25)23-19(3,4)10-28-15-7-5-6-13-9-29(26,27)24-17(20)16(13)15/h5-8H,9-10H2,1-4H3,(H2,20,24)(H,23,25). The van der Waals surface area contributed by atoms with Crippen molar-refractivity contribution in [2.24, 2.45) is 10.1 Å². The number of nitrogens with zero attached hydrogens (tertiary/aromatic N) is 3. The van der Waals surface area contributed by atoms with Crippen molar-refractivity contribution < 1.29 is 17.9 Å². The van der Waals surface area contributed by atoms with Crippen molar-refractivity contribution in [1.29, 1.82) is 0 Å². The molecule has 1 aromatic heterocycles. The largest absolute Gasteiger partial charge is 0.490 e. The van der Waals surface area contributed by atoms with E-state index in [1.54, 1.807) is 38.1 Å². The third-order valence-electron chi connectivity index (χ3n) is 4.18. The summed E-state index contributed by atoms with van der Waals surface area (Å²) in [4.78, 5) is 20.9. The van der Waals surface area contributed by atoms with Gasteiger partial charge in [-0.1, -0.05) is 12.1 Å². The number of benzene rings is 1. The monoisotopic (exact) mass is 417 g/mol. The van der Waals surface area contributed by atoms with Gasteiger partial charge in [-0.2, -0.15) is 0 Å². The molecule has 0 saturated carbocycles. The minimum Gasteiger partial charge on any atom is -0.490 e. The number of hydrogen-bond donors (Lipinski definition) is 2. The summed E-state index contributed by atoms with van der Waals surface area (Å²) in [5.41, 5.74) is 7.10. The van der Waals surface area contributed by atoms with Gasteiger partial charge in [0.25, 0.3) is 15.9 Å². The van der Waals surface area contributed by atoms with Crippen LogP contribution in [0.3, 0.4) is 0 Å². The maximum absolute atomic E-state index is 12.6. The minimum absolute atomic E-state index is 0.101. The Labute approximate surface area is 169 Å². The van der Waals surface area contributed by atoms with Gasteiger partial charge in [0.2, 0.25) is 0 Å². The first-order chi connectivity index (χ1) is 13.5. The predicted octanol–water partition coefficient (Wildman–Crippen LogP) is 1.23. The van der Waals surface area contributed by atoms with Crippen molar-refractivity contribution in [3.8, 4) is 5.75 Å². The van der Waals surface area contributed by atoms with Gasteiger partial charge >= 0.3 is 0 Å². The first kappa shape index (κ1) is 20.7. The lowest BCUT2D eigenvalue weighted by Crippen LogP contribution is -2.48. The fraction of sp³-hybridized carbons (Fsp3) is 0.368. The van der Waals surface area contributed by atoms with Crippen molar-refractivity contribution in [3.63, 3.8) is 0 Å². The van der Waals surface area contributed by atoms with Crippen LogP contribution in [0.1, 0.15) is 47.0 Å². The van der Waals surface area contributed by atoms with Gasteiger partial charge < -0.3 is 15.8 Å². The van der Waals surface area contributed by atoms with Gasteiger partial charge in [0.15, 0.2) is 0 Å². The number of carbonyl (C=O) groups is 1. The molecule has 9 nitrogen and oxygen atoms in total. The zero-order valence-corrected chi connectivity index (χ0v) is 17.5. The highest BCUT2D eigenvalue weighted by Gasteiger charge is 2.27. The Kier molecular flexibility index (Phi) is 5.31. The minimum atomic E-state index is -3.62. The van der Waals surface area contributed by atoms with Crippen molar-refractivity contribution in [1.82, 2.24) is 15.3 Å². The Hall–Kier alpha value is -3.01. The van der Waals surface area contributed by atoms with Crippen molar-refractivity contribution >= 4 is 21.8 Å². The third-order valence-corrected chi connectivity index (χ3v) is 5.33. The molecule has 0 unspecified atom stereocenters. The topological polar surface area (TPSA) is 137 Å². The number of aromatic nitrogens is 2. The second-order valence-corrected chi connectivity index (χ2v) is 9.20. The second kappa shape index (κ2) is 7.43. The van der Waals surface area contributed by atoms with Crippen LogP contribution < -0.4 is 15.8 Å². The number of carbonyl (C=O) groups excluding carboxylic acids is 1. The molecule has 2 aromatic rings. The molecule has 0 atom stereocenters. The van der Waals surface area contributed by atoms with Crippen LogP contribution in [0.25, 0.3) is 0 Å². The van der Waals surface area contributed by atoms with Crippen LogP contribution in [0.5, 0.6) is 5.75 Å². The lowest BCUT2D eigenvalue weighted by molar-refractivity contribution is 0.0875. The van der Waals surface area contributed by atoms with Crippen LogP contribution in [0, 0.1) is 13.8 Å². The molecule has 3 rings (SSSR count). The Morgan fingerprint density at radius 1 is 1.28 bits per heavy atom. The van der Waals surface area contributed by atoms with E-state index in [4.69, 9.17) is 10.5 Å². The van der Waals surface area contributed by atoms with E-state index in [0.29, 0.717) is 28.4 Å². The molecule has 2 heterocycles. The van der Waals surface area contributed by atoms with Crippen LogP contribution in [0.2, 0.25) is 0 Å². The molecule has 0 bridgehead atoms. The molecule has 0 fully saturated rings. The smallest absolute Gasteiger partial charge is 0.270 e. The highest BCUT2D eigenvalue weighted by atomic mass is 32.2. The van der Waals surface area contributed by atoms with E-state index in [2.05, 4.69) is 19.7 Å². The molecular weight excluding hydrogens is 394 g/mol. The Balaban J connectivity index is 1.75. The number of ether oxygens (including phenoxy) is 1. The Morgan fingerprint density at radius 3 is 2.69 bits per heavy atom. The van der Waals surface area contributed by atoms with E-state index in [-0.39, 0.29) is 29.8 Å². The van der Waals surface area contributed by atoms with Gasteiger partial charge in [-0.05, 0) is 45.4 Å². The number of aryl methyl sites for hydroxylation is 2. The maximum Gasteiger partial charge on any atom is 0.270 e. The number of amidine groups is 1. The van der Waals surface area contributed by atoms with Crippen molar-refractivity contribution in [2.45, 2.75) is 39.0 Å². The van der Waals surface area contributed by atoms with Gasteiger partial charge in [0.1, 0.15) is 29.7 Å². The molecule has 1 aromatic carbocycles. The average Bonchev–Trinajstić information content (AvgIpc) is 2.57. The molecule has 3 N–H and O–H groups in total. The first-order valence-corrected chi connectivity index (χ1v) is 10.5. The first-order valence-electron chi connectivity index (χ1n) is 8.94. The summed E-state index contributed by atoms with van der Waals surface area (Å²) in [6.45, 7) is 7.26. The lowest BCUT2D eigenvalue weighted by atomic mass is 10.1. The van der Waals surface area contributed by atoms with E-state index >= 15 is 0 Å². The Bertz CT molecular complexity index is 1090. The van der Waals surface area contributed by atoms with Crippen LogP contribution in [0.4, 0.5) is 0 Å². The fourth-order valence-electron chi connectivity index (χ4n) is 3.03. The average molecular weight is 417 g/mol. The molecule has 29 heavy (non-hydrogen) atoms. The highest BCUT2D eigenvalue weighted by molar-refractivity contribution is 7.89. The van der Waals surface area contributed by atoms with Crippen LogP contribution in [0.15, 0.2) is 28.7 Å². The van der Waals surface area contributed by atoms with Gasteiger partial charge in [-0.3, -0.25) is 4.79 Å². The fourth-order valence-corrected chi connectivity index (χ4v) is 4.12. The number of nitrogens with two attached hydrogens (primary N) is 1. The summed E-state index contributed by atoms with van der Waals surface area (Å²) in [6.07, 6.45) is 0. The van der Waals surface area contributed by atoms with E-state index in [1.807, 2.05) is 13.8 Å². The lowest BCUT2D eigenvalue weighted by Gasteiger charge is -2.27. The summed E-state index contributed by atoms with van der Waals surface area (Å²) in [6, 6.07) is 6.67. The summed E-state index contributed by atoms with van der Waals surface area (Å²) in [5.74, 6) is 0.261. The van der Waals surface area contributed by atoms with Crippen molar-refractivity contribution in [3.05, 3.63) is 52.6 Å². The number of amides is 1. The second-order valence-electron chi connectivity index (χ2n) is 7.56. The molecule has 154 valence electrons. The quantitative estimate of drug-likeness (QED) is 0.746. The SMILES string of the molecule is Cc1cc(C(=O)NC(C)(C)COc2cccc3c2C(N)=NS(=O)(=O)C3)nc(C)n1. The van der Waals surface area contributed by atoms with Crippen LogP contribution >= 0.6 is 0 Å². The highest BCUT2D eigenvalue weighted by Crippen LogP contribution is 2.28. The maximum atomic E-state index is 12.6. The summed E-state index contributed by atoms with van der Waals surface area (Å²) >= 11 is 0. The summed E-state index contributed by atoms with van der Waals surface area (Å²) < 4.78 is 33.0.